The molecule has 51 heavy (non-hydrogen) atoms. The molecule has 0 saturated carbocycles. The molecule has 244 valence electrons. The normalized spacial score (nSPS) is 13.4. The van der Waals surface area contributed by atoms with E-state index in [0.29, 0.717) is 0 Å². The van der Waals surface area contributed by atoms with Gasteiger partial charge < -0.3 is 19.0 Å². The van der Waals surface area contributed by atoms with Gasteiger partial charge in [0.15, 0.2) is 0 Å². The van der Waals surface area contributed by atoms with Gasteiger partial charge in [0, 0.05) is 44.1 Å². The van der Waals surface area contributed by atoms with Crippen LogP contribution in [0.25, 0.3) is 76.9 Å². The van der Waals surface area contributed by atoms with E-state index < -0.39 is 12.3 Å². The second-order valence-corrected chi connectivity index (χ2v) is 12.9. The maximum atomic E-state index is 6.95. The molecule has 3 aromatic heterocycles. The first-order chi connectivity index (χ1) is 25.2. The van der Waals surface area contributed by atoms with Crippen molar-refractivity contribution in [3.63, 3.8) is 0 Å². The number of hydrogen-bond acceptors (Lipinski definition) is 6. The molecule has 0 spiro atoms. The van der Waals surface area contributed by atoms with Crippen LogP contribution in [0.1, 0.15) is 29.0 Å². The third-order valence-corrected chi connectivity index (χ3v) is 9.80. The SMILES string of the molecule is NC(NC(N=Cc1ccc2oc3ccccc3c2c1)c1ccccc1)c1ccc2oc3cccc(-c4cccc5c4oc4ccccc45)c3c2c1. The van der Waals surface area contributed by atoms with Crippen LogP contribution in [0.15, 0.2) is 170 Å². The quantitative estimate of drug-likeness (QED) is 0.131. The predicted octanol–water partition coefficient (Wildman–Crippen LogP) is 11.4. The van der Waals surface area contributed by atoms with Gasteiger partial charge >= 0.3 is 0 Å². The molecule has 0 aliphatic carbocycles. The van der Waals surface area contributed by atoms with E-state index in [2.05, 4.69) is 66.0 Å². The maximum absolute atomic E-state index is 6.95. The highest BCUT2D eigenvalue weighted by Gasteiger charge is 2.20. The molecule has 0 bridgehead atoms. The third kappa shape index (κ3) is 5.00. The molecule has 2 unspecified atom stereocenters. The lowest BCUT2D eigenvalue weighted by molar-refractivity contribution is 0.467. The molecular weight excluding hydrogens is 631 g/mol. The minimum absolute atomic E-state index is 0.393. The molecule has 0 saturated heterocycles. The lowest BCUT2D eigenvalue weighted by atomic mass is 9.97. The summed E-state index contributed by atoms with van der Waals surface area (Å²) in [5.74, 6) is 0. The van der Waals surface area contributed by atoms with Crippen LogP contribution in [0.2, 0.25) is 0 Å². The van der Waals surface area contributed by atoms with Gasteiger partial charge in [-0.3, -0.25) is 10.3 Å². The van der Waals surface area contributed by atoms with E-state index >= 15 is 0 Å². The molecule has 0 aliphatic heterocycles. The Morgan fingerprint density at radius 1 is 0.490 bits per heavy atom. The highest BCUT2D eigenvalue weighted by atomic mass is 16.3. The summed E-state index contributed by atoms with van der Waals surface area (Å²) in [6.07, 6.45) is 0.986. The molecule has 0 amide bonds. The topological polar surface area (TPSA) is 89.8 Å². The minimum Gasteiger partial charge on any atom is -0.456 e. The maximum Gasteiger partial charge on any atom is 0.143 e. The van der Waals surface area contributed by atoms with Gasteiger partial charge in [-0.05, 0) is 70.8 Å². The van der Waals surface area contributed by atoms with Crippen LogP contribution in [0, 0.1) is 0 Å². The lowest BCUT2D eigenvalue weighted by Crippen LogP contribution is -2.31. The van der Waals surface area contributed by atoms with Gasteiger partial charge in [-0.2, -0.15) is 0 Å². The number of para-hydroxylation sites is 3. The molecule has 0 fully saturated rings. The standard InChI is InChI=1S/C45H31N3O3/c46-44(48-45(28-10-2-1-3-11-28)47-26-27-20-22-39-35(24-27)31-13-5-6-17-37(31)49-39)29-21-23-40-36(25-29)42-32(14-9-19-41(42)50-40)34-16-8-15-33-30-12-4-7-18-38(30)51-43(33)34/h1-26,44-45,48H,46H2. The zero-order valence-corrected chi connectivity index (χ0v) is 27.4. The van der Waals surface area contributed by atoms with Crippen LogP contribution in [0.3, 0.4) is 0 Å². The van der Waals surface area contributed by atoms with Crippen LogP contribution in [0.4, 0.5) is 0 Å². The summed E-state index contributed by atoms with van der Waals surface area (Å²) in [6.45, 7) is 0. The minimum atomic E-state index is -0.520. The van der Waals surface area contributed by atoms with Crippen molar-refractivity contribution in [1.82, 2.24) is 5.32 Å². The molecule has 2 atom stereocenters. The van der Waals surface area contributed by atoms with Crippen molar-refractivity contribution in [2.75, 3.05) is 0 Å². The second kappa shape index (κ2) is 11.8. The van der Waals surface area contributed by atoms with Gasteiger partial charge in [-0.1, -0.05) is 103 Å². The van der Waals surface area contributed by atoms with Gasteiger partial charge in [-0.15, -0.1) is 0 Å². The average molecular weight is 662 g/mol. The number of furan rings is 3. The molecule has 3 N–H and O–H groups in total. The highest BCUT2D eigenvalue weighted by molar-refractivity contribution is 6.17. The van der Waals surface area contributed by atoms with Gasteiger partial charge in [-0.25, -0.2) is 0 Å². The Balaban J connectivity index is 1.02. The Morgan fingerprint density at radius 3 is 1.98 bits per heavy atom. The monoisotopic (exact) mass is 661 g/mol. The van der Waals surface area contributed by atoms with Crippen LogP contribution < -0.4 is 11.1 Å². The van der Waals surface area contributed by atoms with Crippen molar-refractivity contribution in [3.05, 3.63) is 168 Å². The molecule has 10 rings (SSSR count). The van der Waals surface area contributed by atoms with Gasteiger partial charge in [0.25, 0.3) is 0 Å². The fraction of sp³-hybridized carbons (Fsp3) is 0.0444. The Hall–Kier alpha value is -6.47. The summed E-state index contributed by atoms with van der Waals surface area (Å²) in [4.78, 5) is 5.03. The Labute approximate surface area is 292 Å². The van der Waals surface area contributed by atoms with Crippen LogP contribution >= 0.6 is 0 Å². The van der Waals surface area contributed by atoms with Crippen molar-refractivity contribution >= 4 is 72.0 Å². The fourth-order valence-corrected chi connectivity index (χ4v) is 7.33. The smallest absolute Gasteiger partial charge is 0.143 e. The first-order valence-electron chi connectivity index (χ1n) is 17.0. The zero-order valence-electron chi connectivity index (χ0n) is 27.4. The first-order valence-corrected chi connectivity index (χ1v) is 17.0. The van der Waals surface area contributed by atoms with E-state index in [0.717, 1.165) is 93.6 Å². The number of rotatable bonds is 7. The summed E-state index contributed by atoms with van der Waals surface area (Å²) >= 11 is 0. The molecule has 7 aromatic carbocycles. The predicted molar refractivity (Wildman–Crippen MR) is 207 cm³/mol. The number of hydrogen-bond donors (Lipinski definition) is 2. The molecule has 6 heteroatoms. The van der Waals surface area contributed by atoms with Crippen molar-refractivity contribution in [1.29, 1.82) is 0 Å². The van der Waals surface area contributed by atoms with Crippen LogP contribution in [0.5, 0.6) is 0 Å². The number of fused-ring (bicyclic) bond motifs is 9. The Morgan fingerprint density at radius 2 is 1.12 bits per heavy atom. The van der Waals surface area contributed by atoms with Gasteiger partial charge in [0.1, 0.15) is 39.7 Å². The van der Waals surface area contributed by atoms with Crippen molar-refractivity contribution < 1.29 is 13.3 Å². The zero-order chi connectivity index (χ0) is 33.9. The summed E-state index contributed by atoms with van der Waals surface area (Å²) < 4.78 is 18.9. The lowest BCUT2D eigenvalue weighted by Gasteiger charge is -2.21. The van der Waals surface area contributed by atoms with E-state index in [9.17, 15) is 0 Å². The third-order valence-electron chi connectivity index (χ3n) is 9.80. The number of nitrogens with two attached hydrogens (primary N) is 1. The number of nitrogens with one attached hydrogen (secondary N) is 1. The van der Waals surface area contributed by atoms with Crippen molar-refractivity contribution in [2.24, 2.45) is 10.7 Å². The summed E-state index contributed by atoms with van der Waals surface area (Å²) in [5.41, 5.74) is 17.0. The number of nitrogens with zero attached hydrogens (tertiary/aromatic N) is 1. The van der Waals surface area contributed by atoms with E-state index in [-0.39, 0.29) is 0 Å². The van der Waals surface area contributed by atoms with Crippen LogP contribution in [-0.2, 0) is 0 Å². The van der Waals surface area contributed by atoms with Crippen LogP contribution in [-0.4, -0.2) is 6.21 Å². The molecular formula is C45H31N3O3. The van der Waals surface area contributed by atoms with Gasteiger partial charge in [0.2, 0.25) is 0 Å². The second-order valence-electron chi connectivity index (χ2n) is 12.9. The Kier molecular flexibility index (Phi) is 6.84. The largest absolute Gasteiger partial charge is 0.456 e. The molecule has 10 aromatic rings. The van der Waals surface area contributed by atoms with Gasteiger partial charge in [0.05, 0.1) is 6.17 Å². The molecule has 6 nitrogen and oxygen atoms in total. The summed E-state index contributed by atoms with van der Waals surface area (Å²) in [7, 11) is 0. The van der Waals surface area contributed by atoms with Crippen molar-refractivity contribution in [3.8, 4) is 11.1 Å². The van der Waals surface area contributed by atoms with E-state index in [1.165, 1.54) is 0 Å². The molecule has 0 aliphatic rings. The summed E-state index contributed by atoms with van der Waals surface area (Å²) in [6, 6.07) is 51.2. The molecule has 0 radical (unpaired) electrons. The fourth-order valence-electron chi connectivity index (χ4n) is 7.33. The highest BCUT2D eigenvalue weighted by Crippen LogP contribution is 2.42. The van der Waals surface area contributed by atoms with Crippen molar-refractivity contribution in [2.45, 2.75) is 12.3 Å². The Bertz CT molecular complexity index is 2930. The van der Waals surface area contributed by atoms with E-state index in [1.54, 1.807) is 0 Å². The summed E-state index contributed by atoms with van der Waals surface area (Å²) in [5, 5.41) is 9.94. The number of benzene rings is 7. The van der Waals surface area contributed by atoms with E-state index in [1.807, 2.05) is 97.2 Å². The first kappa shape index (κ1) is 29.4. The van der Waals surface area contributed by atoms with E-state index in [4.69, 9.17) is 24.0 Å². The number of aliphatic imine (C=N–C) groups is 1. The molecule has 3 heterocycles. The average Bonchev–Trinajstić information content (AvgIpc) is 3.87.